The summed E-state index contributed by atoms with van der Waals surface area (Å²) in [5.41, 5.74) is 1.06. The van der Waals surface area contributed by atoms with Crippen molar-refractivity contribution in [3.63, 3.8) is 0 Å². The molecule has 116 valence electrons. The molecular formula is C16H24ClN3O. The van der Waals surface area contributed by atoms with E-state index in [0.29, 0.717) is 17.5 Å². The summed E-state index contributed by atoms with van der Waals surface area (Å²) in [6, 6.07) is 7.57. The number of amides is 2. The maximum absolute atomic E-state index is 12.1. The third-order valence-corrected chi connectivity index (χ3v) is 3.89. The van der Waals surface area contributed by atoms with Gasteiger partial charge in [0.2, 0.25) is 0 Å². The highest BCUT2D eigenvalue weighted by molar-refractivity contribution is 6.30. The lowest BCUT2D eigenvalue weighted by atomic mass is 10.2. The first-order valence-electron chi connectivity index (χ1n) is 7.54. The van der Waals surface area contributed by atoms with Crippen LogP contribution in [0, 0.1) is 5.92 Å². The second kappa shape index (κ2) is 7.66. The van der Waals surface area contributed by atoms with Crippen molar-refractivity contribution in [2.75, 3.05) is 32.7 Å². The highest BCUT2D eigenvalue weighted by Gasteiger charge is 2.20. The molecule has 2 rings (SSSR count). The van der Waals surface area contributed by atoms with E-state index in [9.17, 15) is 4.79 Å². The lowest BCUT2D eigenvalue weighted by Crippen LogP contribution is -2.52. The summed E-state index contributed by atoms with van der Waals surface area (Å²) in [6.07, 6.45) is 0. The molecule has 1 aromatic carbocycles. The second-order valence-corrected chi connectivity index (χ2v) is 6.40. The number of benzene rings is 1. The quantitative estimate of drug-likeness (QED) is 0.928. The Kier molecular flexibility index (Phi) is 5.88. The number of hydrogen-bond acceptors (Lipinski definition) is 2. The van der Waals surface area contributed by atoms with Crippen LogP contribution in [-0.4, -0.2) is 48.6 Å². The molecule has 1 N–H and O–H groups in total. The monoisotopic (exact) mass is 309 g/mol. The van der Waals surface area contributed by atoms with Gasteiger partial charge in [-0.05, 0) is 23.6 Å². The van der Waals surface area contributed by atoms with Gasteiger partial charge in [0, 0.05) is 44.3 Å². The van der Waals surface area contributed by atoms with Crippen molar-refractivity contribution in [1.29, 1.82) is 0 Å². The molecule has 21 heavy (non-hydrogen) atoms. The highest BCUT2D eigenvalue weighted by atomic mass is 35.5. The molecule has 0 atom stereocenters. The Hall–Kier alpha value is -1.26. The van der Waals surface area contributed by atoms with Gasteiger partial charge in [-0.3, -0.25) is 4.90 Å². The summed E-state index contributed by atoms with van der Waals surface area (Å²) >= 11 is 5.85. The van der Waals surface area contributed by atoms with Gasteiger partial charge in [0.25, 0.3) is 0 Å². The minimum atomic E-state index is 0.0224. The predicted molar refractivity (Wildman–Crippen MR) is 86.5 cm³/mol. The van der Waals surface area contributed by atoms with E-state index in [1.54, 1.807) is 0 Å². The summed E-state index contributed by atoms with van der Waals surface area (Å²) in [4.78, 5) is 16.5. The normalized spacial score (nSPS) is 16.3. The zero-order valence-corrected chi connectivity index (χ0v) is 13.6. The molecule has 0 radical (unpaired) electrons. The molecule has 0 aromatic heterocycles. The fourth-order valence-corrected chi connectivity index (χ4v) is 2.67. The van der Waals surface area contributed by atoms with Gasteiger partial charge in [-0.1, -0.05) is 37.6 Å². The fraction of sp³-hybridized carbons (Fsp3) is 0.562. The van der Waals surface area contributed by atoms with Crippen LogP contribution in [0.3, 0.4) is 0 Å². The minimum absolute atomic E-state index is 0.0224. The molecule has 0 aliphatic carbocycles. The van der Waals surface area contributed by atoms with E-state index in [0.717, 1.165) is 38.3 Å². The summed E-state index contributed by atoms with van der Waals surface area (Å²) in [6.45, 7) is 9.65. The number of piperazine rings is 1. The summed E-state index contributed by atoms with van der Waals surface area (Å²) in [5, 5.41) is 3.68. The SMILES string of the molecule is CC(C)CN1CCN(C(=O)NCc2ccc(Cl)cc2)CC1. The topological polar surface area (TPSA) is 35.6 Å². The first-order valence-corrected chi connectivity index (χ1v) is 7.92. The molecule has 0 bridgehead atoms. The van der Waals surface area contributed by atoms with Crippen LogP contribution in [-0.2, 0) is 6.54 Å². The number of carbonyl (C=O) groups excluding carboxylic acids is 1. The van der Waals surface area contributed by atoms with Crippen molar-refractivity contribution in [2.45, 2.75) is 20.4 Å². The molecule has 1 aromatic rings. The van der Waals surface area contributed by atoms with E-state index in [1.165, 1.54) is 0 Å². The number of urea groups is 1. The number of nitrogens with one attached hydrogen (secondary N) is 1. The van der Waals surface area contributed by atoms with Crippen molar-refractivity contribution >= 4 is 17.6 Å². The molecule has 1 fully saturated rings. The molecule has 1 saturated heterocycles. The van der Waals surface area contributed by atoms with Crippen molar-refractivity contribution in [3.8, 4) is 0 Å². The molecule has 0 spiro atoms. The van der Waals surface area contributed by atoms with Gasteiger partial charge in [-0.2, -0.15) is 0 Å². The summed E-state index contributed by atoms with van der Waals surface area (Å²) < 4.78 is 0. The van der Waals surface area contributed by atoms with Crippen LogP contribution < -0.4 is 5.32 Å². The van der Waals surface area contributed by atoms with Crippen LogP contribution in [0.5, 0.6) is 0 Å². The minimum Gasteiger partial charge on any atom is -0.334 e. The van der Waals surface area contributed by atoms with Gasteiger partial charge in [0.15, 0.2) is 0 Å². The van der Waals surface area contributed by atoms with Gasteiger partial charge in [0.05, 0.1) is 0 Å². The molecule has 0 unspecified atom stereocenters. The molecule has 0 saturated carbocycles. The van der Waals surface area contributed by atoms with Crippen molar-refractivity contribution < 1.29 is 4.79 Å². The van der Waals surface area contributed by atoms with Crippen molar-refractivity contribution in [1.82, 2.24) is 15.1 Å². The van der Waals surface area contributed by atoms with Crippen LogP contribution in [0.25, 0.3) is 0 Å². The number of hydrogen-bond donors (Lipinski definition) is 1. The molecular weight excluding hydrogens is 286 g/mol. The van der Waals surface area contributed by atoms with Gasteiger partial charge >= 0.3 is 6.03 Å². The lowest BCUT2D eigenvalue weighted by Gasteiger charge is -2.35. The molecule has 1 aliphatic rings. The Morgan fingerprint density at radius 2 is 1.81 bits per heavy atom. The number of rotatable bonds is 4. The Balaban J connectivity index is 1.73. The molecule has 4 nitrogen and oxygen atoms in total. The number of halogens is 1. The van der Waals surface area contributed by atoms with Gasteiger partial charge in [-0.25, -0.2) is 4.79 Å². The smallest absolute Gasteiger partial charge is 0.317 e. The third-order valence-electron chi connectivity index (χ3n) is 3.64. The first-order chi connectivity index (χ1) is 10.0. The maximum atomic E-state index is 12.1. The molecule has 2 amide bonds. The number of carbonyl (C=O) groups is 1. The largest absolute Gasteiger partial charge is 0.334 e. The van der Waals surface area contributed by atoms with E-state index < -0.39 is 0 Å². The molecule has 1 heterocycles. The van der Waals surface area contributed by atoms with Gasteiger partial charge < -0.3 is 10.2 Å². The van der Waals surface area contributed by atoms with E-state index in [1.807, 2.05) is 29.2 Å². The summed E-state index contributed by atoms with van der Waals surface area (Å²) in [5.74, 6) is 0.676. The first kappa shape index (κ1) is 16.1. The van der Waals surface area contributed by atoms with Crippen LogP contribution in [0.1, 0.15) is 19.4 Å². The molecule has 5 heteroatoms. The third kappa shape index (κ3) is 5.21. The van der Waals surface area contributed by atoms with Crippen LogP contribution >= 0.6 is 11.6 Å². The molecule has 1 aliphatic heterocycles. The maximum Gasteiger partial charge on any atom is 0.317 e. The van der Waals surface area contributed by atoms with Crippen molar-refractivity contribution in [3.05, 3.63) is 34.9 Å². The zero-order chi connectivity index (χ0) is 15.2. The average molecular weight is 310 g/mol. The lowest BCUT2D eigenvalue weighted by molar-refractivity contribution is 0.131. The predicted octanol–water partition coefficient (Wildman–Crippen LogP) is 2.82. The Labute approximate surface area is 132 Å². The van der Waals surface area contributed by atoms with Gasteiger partial charge in [0.1, 0.15) is 0 Å². The van der Waals surface area contributed by atoms with Crippen LogP contribution in [0.15, 0.2) is 24.3 Å². The Morgan fingerprint density at radius 1 is 1.19 bits per heavy atom. The van der Waals surface area contributed by atoms with E-state index in [-0.39, 0.29) is 6.03 Å². The van der Waals surface area contributed by atoms with Gasteiger partial charge in [-0.15, -0.1) is 0 Å². The van der Waals surface area contributed by atoms with Crippen LogP contribution in [0.4, 0.5) is 4.79 Å². The van der Waals surface area contributed by atoms with E-state index in [4.69, 9.17) is 11.6 Å². The standard InChI is InChI=1S/C16H24ClN3O/c1-13(2)12-19-7-9-20(10-8-19)16(21)18-11-14-3-5-15(17)6-4-14/h3-6,13H,7-12H2,1-2H3,(H,18,21). The fourth-order valence-electron chi connectivity index (χ4n) is 2.54. The second-order valence-electron chi connectivity index (χ2n) is 5.97. The van der Waals surface area contributed by atoms with E-state index >= 15 is 0 Å². The number of nitrogens with zero attached hydrogens (tertiary/aromatic N) is 2. The zero-order valence-electron chi connectivity index (χ0n) is 12.8. The Morgan fingerprint density at radius 3 is 2.38 bits per heavy atom. The average Bonchev–Trinajstić information content (AvgIpc) is 2.46. The van der Waals surface area contributed by atoms with Crippen LogP contribution in [0.2, 0.25) is 5.02 Å². The Bertz CT molecular complexity index is 453. The van der Waals surface area contributed by atoms with E-state index in [2.05, 4.69) is 24.1 Å². The van der Waals surface area contributed by atoms with Crippen molar-refractivity contribution in [2.24, 2.45) is 5.92 Å². The highest BCUT2D eigenvalue weighted by Crippen LogP contribution is 2.10. The summed E-state index contributed by atoms with van der Waals surface area (Å²) in [7, 11) is 0.